The van der Waals surface area contributed by atoms with Crippen molar-refractivity contribution in [3.05, 3.63) is 45.4 Å². The number of carbonyl (C=O) groups excluding carboxylic acids is 1. The van der Waals surface area contributed by atoms with Crippen LogP contribution in [0.2, 0.25) is 0 Å². The maximum Gasteiger partial charge on any atom is 0.307 e. The molecule has 1 aromatic heterocycles. The van der Waals surface area contributed by atoms with Gasteiger partial charge >= 0.3 is 5.97 Å². The fourth-order valence-corrected chi connectivity index (χ4v) is 3.63. The zero-order chi connectivity index (χ0) is 18.1. The van der Waals surface area contributed by atoms with Crippen LogP contribution in [0.3, 0.4) is 0 Å². The number of rotatable bonds is 6. The molecule has 1 heterocycles. The van der Waals surface area contributed by atoms with Crippen LogP contribution in [0.15, 0.2) is 23.6 Å². The number of nitrogens with two attached hydrogens (primary N) is 1. The number of carboxylic acid groups (broad SMARTS) is 1. The summed E-state index contributed by atoms with van der Waals surface area (Å²) < 4.78 is 0. The number of aromatic nitrogens is 1. The molecule has 3 N–H and O–H groups in total. The SMILES string of the molecule is CC(C)c1csc(C=Cc2cccc(N)c2C(=O)[C@@H]2C[C@@H]2C(=O)O)n1. The van der Waals surface area contributed by atoms with Gasteiger partial charge in [0.15, 0.2) is 5.78 Å². The lowest BCUT2D eigenvalue weighted by Crippen LogP contribution is -2.12. The number of Topliss-reactive ketones (excluding diaryl/α,β-unsaturated/α-hetero) is 1. The minimum absolute atomic E-state index is 0.188. The van der Waals surface area contributed by atoms with Crippen LogP contribution in [0, 0.1) is 11.8 Å². The summed E-state index contributed by atoms with van der Waals surface area (Å²) in [5.41, 5.74) is 8.53. The molecule has 1 aliphatic rings. The summed E-state index contributed by atoms with van der Waals surface area (Å²) in [6.07, 6.45) is 4.07. The second kappa shape index (κ2) is 6.80. The molecule has 0 radical (unpaired) electrons. The lowest BCUT2D eigenvalue weighted by atomic mass is 9.97. The molecule has 130 valence electrons. The highest BCUT2D eigenvalue weighted by molar-refractivity contribution is 7.10. The monoisotopic (exact) mass is 356 g/mol. The van der Waals surface area contributed by atoms with E-state index in [1.807, 2.05) is 23.6 Å². The number of aliphatic carboxylic acids is 1. The van der Waals surface area contributed by atoms with Gasteiger partial charge in [-0.1, -0.05) is 32.1 Å². The molecule has 3 rings (SSSR count). The van der Waals surface area contributed by atoms with E-state index in [4.69, 9.17) is 10.8 Å². The number of nitrogens with zero attached hydrogens (tertiary/aromatic N) is 1. The summed E-state index contributed by atoms with van der Waals surface area (Å²) in [5.74, 6) is -1.80. The van der Waals surface area contributed by atoms with Crippen molar-refractivity contribution in [2.75, 3.05) is 5.73 Å². The standard InChI is InChI=1S/C19H20N2O3S/c1-10(2)15-9-25-16(21-15)7-6-11-4-3-5-14(20)17(11)18(22)12-8-13(12)19(23)24/h3-7,9-10,12-13H,8,20H2,1-2H3,(H,23,24)/t12-,13+/m1/s1. The van der Waals surface area contributed by atoms with Crippen molar-refractivity contribution in [3.8, 4) is 0 Å². The van der Waals surface area contributed by atoms with Crippen LogP contribution in [0.25, 0.3) is 12.2 Å². The normalized spacial score (nSPS) is 19.5. The molecule has 1 aromatic carbocycles. The van der Waals surface area contributed by atoms with Crippen molar-refractivity contribution in [3.63, 3.8) is 0 Å². The molecule has 0 bridgehead atoms. The number of thiazole rings is 1. The fourth-order valence-electron chi connectivity index (χ4n) is 2.76. The Morgan fingerprint density at radius 2 is 2.08 bits per heavy atom. The number of carbonyl (C=O) groups is 2. The first-order chi connectivity index (χ1) is 11.9. The van der Waals surface area contributed by atoms with E-state index in [0.717, 1.165) is 10.7 Å². The second-order valence-corrected chi connectivity index (χ2v) is 7.45. The highest BCUT2D eigenvalue weighted by atomic mass is 32.1. The van der Waals surface area contributed by atoms with E-state index in [1.54, 1.807) is 23.5 Å². The molecule has 1 saturated carbocycles. The average Bonchev–Trinajstić information content (AvgIpc) is 3.23. The molecule has 2 atom stereocenters. The van der Waals surface area contributed by atoms with Crippen LogP contribution in [-0.4, -0.2) is 21.8 Å². The summed E-state index contributed by atoms with van der Waals surface area (Å²) in [7, 11) is 0. The van der Waals surface area contributed by atoms with Crippen molar-refractivity contribution >= 4 is 40.9 Å². The Labute approximate surface area is 150 Å². The van der Waals surface area contributed by atoms with E-state index >= 15 is 0 Å². The van der Waals surface area contributed by atoms with Gasteiger partial charge in [-0.2, -0.15) is 0 Å². The first-order valence-electron chi connectivity index (χ1n) is 8.17. The van der Waals surface area contributed by atoms with E-state index in [9.17, 15) is 9.59 Å². The van der Waals surface area contributed by atoms with Crippen LogP contribution in [0.5, 0.6) is 0 Å². The maximum atomic E-state index is 12.7. The molecular weight excluding hydrogens is 336 g/mol. The summed E-state index contributed by atoms with van der Waals surface area (Å²) in [6, 6.07) is 5.27. The Hall–Kier alpha value is -2.47. The Balaban J connectivity index is 1.87. The molecule has 5 nitrogen and oxygen atoms in total. The highest BCUT2D eigenvalue weighted by Gasteiger charge is 2.48. The molecule has 0 unspecified atom stereocenters. The smallest absolute Gasteiger partial charge is 0.307 e. The quantitative estimate of drug-likeness (QED) is 0.604. The first-order valence-corrected chi connectivity index (χ1v) is 9.05. The molecule has 0 aliphatic heterocycles. The van der Waals surface area contributed by atoms with Gasteiger partial charge in [-0.05, 0) is 30.0 Å². The zero-order valence-corrected chi connectivity index (χ0v) is 14.9. The van der Waals surface area contributed by atoms with Gasteiger partial charge in [-0.25, -0.2) is 4.98 Å². The molecule has 25 heavy (non-hydrogen) atoms. The zero-order valence-electron chi connectivity index (χ0n) is 14.1. The molecule has 6 heteroatoms. The van der Waals surface area contributed by atoms with Crippen molar-refractivity contribution in [2.24, 2.45) is 11.8 Å². The van der Waals surface area contributed by atoms with E-state index in [-0.39, 0.29) is 5.78 Å². The summed E-state index contributed by atoms with van der Waals surface area (Å²) >= 11 is 1.55. The second-order valence-electron chi connectivity index (χ2n) is 6.56. The highest BCUT2D eigenvalue weighted by Crippen LogP contribution is 2.42. The maximum absolute atomic E-state index is 12.7. The average molecular weight is 356 g/mol. The number of ketones is 1. The molecule has 0 amide bonds. The van der Waals surface area contributed by atoms with Crippen LogP contribution >= 0.6 is 11.3 Å². The molecule has 1 aliphatic carbocycles. The van der Waals surface area contributed by atoms with Crippen LogP contribution in [0.1, 0.15) is 52.8 Å². The summed E-state index contributed by atoms with van der Waals surface area (Å²) in [5, 5.41) is 11.9. The number of hydrogen-bond donors (Lipinski definition) is 2. The largest absolute Gasteiger partial charge is 0.481 e. The number of carboxylic acids is 1. The van der Waals surface area contributed by atoms with Gasteiger partial charge in [0.2, 0.25) is 0 Å². The minimum Gasteiger partial charge on any atom is -0.481 e. The van der Waals surface area contributed by atoms with E-state index < -0.39 is 17.8 Å². The Morgan fingerprint density at radius 3 is 2.68 bits per heavy atom. The first kappa shape index (κ1) is 17.4. The van der Waals surface area contributed by atoms with Gasteiger partial charge in [0.25, 0.3) is 0 Å². The van der Waals surface area contributed by atoms with Crippen molar-refractivity contribution in [2.45, 2.75) is 26.2 Å². The van der Waals surface area contributed by atoms with E-state index in [0.29, 0.717) is 29.2 Å². The van der Waals surface area contributed by atoms with Gasteiger partial charge in [0, 0.05) is 22.5 Å². The fraction of sp³-hybridized carbons (Fsp3) is 0.316. The Kier molecular flexibility index (Phi) is 4.72. The Morgan fingerprint density at radius 1 is 1.32 bits per heavy atom. The molecule has 1 fully saturated rings. The van der Waals surface area contributed by atoms with Crippen LogP contribution < -0.4 is 5.73 Å². The minimum atomic E-state index is -0.922. The molecule has 0 spiro atoms. The Bertz CT molecular complexity index is 854. The van der Waals surface area contributed by atoms with Gasteiger partial charge < -0.3 is 10.8 Å². The van der Waals surface area contributed by atoms with Crippen molar-refractivity contribution in [1.29, 1.82) is 0 Å². The third kappa shape index (κ3) is 3.64. The van der Waals surface area contributed by atoms with Crippen molar-refractivity contribution in [1.82, 2.24) is 4.98 Å². The number of anilines is 1. The number of nitrogen functional groups attached to an aromatic ring is 1. The van der Waals surface area contributed by atoms with Crippen LogP contribution in [-0.2, 0) is 4.79 Å². The third-order valence-electron chi connectivity index (χ3n) is 4.36. The summed E-state index contributed by atoms with van der Waals surface area (Å²) in [4.78, 5) is 28.3. The van der Waals surface area contributed by atoms with Crippen LogP contribution in [0.4, 0.5) is 5.69 Å². The molecule has 2 aromatic rings. The summed E-state index contributed by atoms with van der Waals surface area (Å²) in [6.45, 7) is 4.18. The molecular formula is C19H20N2O3S. The predicted molar refractivity (Wildman–Crippen MR) is 99.5 cm³/mol. The molecule has 0 saturated heterocycles. The number of hydrogen-bond acceptors (Lipinski definition) is 5. The van der Waals surface area contributed by atoms with E-state index in [1.165, 1.54) is 0 Å². The topological polar surface area (TPSA) is 93.3 Å². The predicted octanol–water partition coefficient (Wildman–Crippen LogP) is 3.92. The lowest BCUT2D eigenvalue weighted by Gasteiger charge is -2.08. The van der Waals surface area contributed by atoms with Gasteiger partial charge in [0.05, 0.1) is 11.6 Å². The third-order valence-corrected chi connectivity index (χ3v) is 5.18. The van der Waals surface area contributed by atoms with Crippen molar-refractivity contribution < 1.29 is 14.7 Å². The number of benzene rings is 1. The van der Waals surface area contributed by atoms with Gasteiger partial charge in [0.1, 0.15) is 5.01 Å². The van der Waals surface area contributed by atoms with Gasteiger partial charge in [-0.15, -0.1) is 11.3 Å². The van der Waals surface area contributed by atoms with E-state index in [2.05, 4.69) is 18.8 Å². The lowest BCUT2D eigenvalue weighted by molar-refractivity contribution is -0.138. The van der Waals surface area contributed by atoms with Gasteiger partial charge in [-0.3, -0.25) is 9.59 Å².